The van der Waals surface area contributed by atoms with E-state index in [1.54, 1.807) is 32.0 Å². The van der Waals surface area contributed by atoms with E-state index in [-0.39, 0.29) is 22.8 Å². The fraction of sp³-hybridized carbons (Fsp3) is 0.333. The van der Waals surface area contributed by atoms with Crippen molar-refractivity contribution < 1.29 is 15.1 Å². The van der Waals surface area contributed by atoms with Crippen molar-refractivity contribution in [1.82, 2.24) is 9.97 Å². The Morgan fingerprint density at radius 1 is 1.35 bits per heavy atom. The van der Waals surface area contributed by atoms with Gasteiger partial charge in [0.1, 0.15) is 17.2 Å². The van der Waals surface area contributed by atoms with E-state index in [4.69, 9.17) is 11.6 Å². The van der Waals surface area contributed by atoms with Gasteiger partial charge in [0, 0.05) is 5.02 Å². The maximum atomic E-state index is 13.1. The van der Waals surface area contributed by atoms with Crippen molar-refractivity contribution >= 4 is 34.7 Å². The van der Waals surface area contributed by atoms with E-state index >= 15 is 0 Å². The summed E-state index contributed by atoms with van der Waals surface area (Å²) in [7, 11) is 0. The van der Waals surface area contributed by atoms with Crippen molar-refractivity contribution in [2.24, 2.45) is 5.16 Å². The van der Waals surface area contributed by atoms with Crippen molar-refractivity contribution in [3.8, 4) is 0 Å². The molecule has 0 bridgehead atoms. The quantitative estimate of drug-likeness (QED) is 0.488. The van der Waals surface area contributed by atoms with Crippen LogP contribution in [0.1, 0.15) is 42.9 Å². The molecule has 0 aliphatic carbocycles. The molecule has 8 heteroatoms. The average Bonchev–Trinajstić information content (AvgIpc) is 2.76. The van der Waals surface area contributed by atoms with Gasteiger partial charge in [0.2, 0.25) is 0 Å². The second kappa shape index (κ2) is 6.34. The number of hydrogen-bond acceptors (Lipinski definition) is 6. The van der Waals surface area contributed by atoms with Gasteiger partial charge < -0.3 is 10.3 Å². The Kier molecular flexibility index (Phi) is 4.46. The summed E-state index contributed by atoms with van der Waals surface area (Å²) in [5, 5.41) is 24.1. The maximum absolute atomic E-state index is 13.1. The van der Waals surface area contributed by atoms with E-state index in [0.29, 0.717) is 23.0 Å². The molecule has 1 aliphatic rings. The molecule has 1 aromatic carbocycles. The third kappa shape index (κ3) is 2.64. The standard InChI is InChI=1S/C18H19ClN4O3/c1-5-12(22-26)15-14-16(21-10(3)20-15)23(17(24)18(14,4)25)13-7-6-11(19)8-9(13)2/h6-8,25-26H,5H2,1-4H3/b22-12+. The number of carbonyl (C=O) groups is 1. The van der Waals surface area contributed by atoms with E-state index < -0.39 is 11.5 Å². The van der Waals surface area contributed by atoms with Crippen molar-refractivity contribution in [3.05, 3.63) is 45.9 Å². The van der Waals surface area contributed by atoms with Crippen LogP contribution >= 0.6 is 11.6 Å². The van der Waals surface area contributed by atoms with Gasteiger partial charge in [-0.3, -0.25) is 9.69 Å². The highest BCUT2D eigenvalue weighted by Gasteiger charge is 2.51. The lowest BCUT2D eigenvalue weighted by Gasteiger charge is -2.20. The number of anilines is 2. The monoisotopic (exact) mass is 374 g/mol. The highest BCUT2D eigenvalue weighted by molar-refractivity contribution is 6.30. The van der Waals surface area contributed by atoms with Gasteiger partial charge in [-0.2, -0.15) is 0 Å². The Labute approximate surface area is 156 Å². The molecule has 0 fully saturated rings. The SMILES string of the molecule is CC/C(=N\O)c1nc(C)nc2c1C(C)(O)C(=O)N2c1ccc(Cl)cc1C. The number of hydrogen-bond donors (Lipinski definition) is 2. The molecule has 26 heavy (non-hydrogen) atoms. The van der Waals surface area contributed by atoms with Gasteiger partial charge in [-0.25, -0.2) is 9.97 Å². The molecule has 0 saturated heterocycles. The minimum absolute atomic E-state index is 0.233. The highest BCUT2D eigenvalue weighted by atomic mass is 35.5. The van der Waals surface area contributed by atoms with Crippen molar-refractivity contribution in [2.75, 3.05) is 4.90 Å². The summed E-state index contributed by atoms with van der Waals surface area (Å²) in [6, 6.07) is 5.11. The predicted molar refractivity (Wildman–Crippen MR) is 98.3 cm³/mol. The second-order valence-electron chi connectivity index (χ2n) is 6.36. The first kappa shape index (κ1) is 18.3. The fourth-order valence-electron chi connectivity index (χ4n) is 3.18. The zero-order chi connectivity index (χ0) is 19.2. The summed E-state index contributed by atoms with van der Waals surface area (Å²) in [5.41, 5.74) is 0.257. The summed E-state index contributed by atoms with van der Waals surface area (Å²) in [6.45, 7) is 6.69. The van der Waals surface area contributed by atoms with Crippen LogP contribution in [0.5, 0.6) is 0 Å². The molecular weight excluding hydrogens is 356 g/mol. The van der Waals surface area contributed by atoms with Gasteiger partial charge in [0.25, 0.3) is 5.91 Å². The van der Waals surface area contributed by atoms with Gasteiger partial charge in [0.05, 0.1) is 11.3 Å². The van der Waals surface area contributed by atoms with E-state index in [1.165, 1.54) is 11.8 Å². The molecule has 0 spiro atoms. The molecular formula is C18H19ClN4O3. The van der Waals surface area contributed by atoms with Crippen LogP contribution < -0.4 is 4.90 Å². The van der Waals surface area contributed by atoms with Crippen LogP contribution in [0.3, 0.4) is 0 Å². The first-order chi connectivity index (χ1) is 12.2. The van der Waals surface area contributed by atoms with Gasteiger partial charge in [0.15, 0.2) is 11.4 Å². The number of amides is 1. The van der Waals surface area contributed by atoms with Crippen LogP contribution in [0.4, 0.5) is 11.5 Å². The number of halogens is 1. The molecule has 7 nitrogen and oxygen atoms in total. The normalized spacial score (nSPS) is 19.8. The molecule has 1 unspecified atom stereocenters. The summed E-state index contributed by atoms with van der Waals surface area (Å²) in [5.74, 6) is 0.130. The predicted octanol–water partition coefficient (Wildman–Crippen LogP) is 3.22. The van der Waals surface area contributed by atoms with Gasteiger partial charge >= 0.3 is 0 Å². The number of rotatable bonds is 3. The van der Waals surface area contributed by atoms with Crippen LogP contribution in [-0.2, 0) is 10.4 Å². The summed E-state index contributed by atoms with van der Waals surface area (Å²) in [6.07, 6.45) is 0.379. The van der Waals surface area contributed by atoms with E-state index in [9.17, 15) is 15.1 Å². The Hall–Kier alpha value is -2.51. The Morgan fingerprint density at radius 3 is 2.62 bits per heavy atom. The van der Waals surface area contributed by atoms with Crippen LogP contribution in [0.2, 0.25) is 5.02 Å². The summed E-state index contributed by atoms with van der Waals surface area (Å²) >= 11 is 6.02. The number of nitrogens with zero attached hydrogens (tertiary/aromatic N) is 4. The topological polar surface area (TPSA) is 98.9 Å². The number of aliphatic hydroxyl groups is 1. The number of oxime groups is 1. The number of benzene rings is 1. The molecule has 1 atom stereocenters. The van der Waals surface area contributed by atoms with Crippen molar-refractivity contribution in [2.45, 2.75) is 39.7 Å². The molecule has 2 heterocycles. The molecule has 1 aliphatic heterocycles. The number of fused-ring (bicyclic) bond motifs is 1. The lowest BCUT2D eigenvalue weighted by atomic mass is 9.95. The highest BCUT2D eigenvalue weighted by Crippen LogP contribution is 2.45. The number of aromatic nitrogens is 2. The van der Waals surface area contributed by atoms with E-state index in [2.05, 4.69) is 15.1 Å². The van der Waals surface area contributed by atoms with Crippen LogP contribution in [0.25, 0.3) is 0 Å². The van der Waals surface area contributed by atoms with Crippen molar-refractivity contribution in [1.29, 1.82) is 0 Å². The third-order valence-corrected chi connectivity index (χ3v) is 4.68. The zero-order valence-corrected chi connectivity index (χ0v) is 15.7. The molecule has 2 N–H and O–H groups in total. The molecule has 3 rings (SSSR count). The van der Waals surface area contributed by atoms with Gasteiger partial charge in [-0.1, -0.05) is 23.7 Å². The molecule has 0 saturated carbocycles. The lowest BCUT2D eigenvalue weighted by Crippen LogP contribution is -2.36. The Balaban J connectivity index is 2.34. The third-order valence-electron chi connectivity index (χ3n) is 4.45. The lowest BCUT2D eigenvalue weighted by molar-refractivity contribution is -0.133. The number of aryl methyl sites for hydroxylation is 2. The zero-order valence-electron chi connectivity index (χ0n) is 14.9. The van der Waals surface area contributed by atoms with E-state index in [0.717, 1.165) is 5.56 Å². The van der Waals surface area contributed by atoms with Crippen LogP contribution in [0.15, 0.2) is 23.4 Å². The Morgan fingerprint density at radius 2 is 2.04 bits per heavy atom. The minimum atomic E-state index is -1.85. The van der Waals surface area contributed by atoms with Gasteiger partial charge in [-0.15, -0.1) is 0 Å². The van der Waals surface area contributed by atoms with Crippen LogP contribution in [-0.4, -0.2) is 31.9 Å². The summed E-state index contributed by atoms with van der Waals surface area (Å²) < 4.78 is 0. The molecule has 0 radical (unpaired) electrons. The maximum Gasteiger partial charge on any atom is 0.269 e. The molecule has 1 amide bonds. The second-order valence-corrected chi connectivity index (χ2v) is 6.80. The van der Waals surface area contributed by atoms with E-state index in [1.807, 2.05) is 6.92 Å². The smallest absolute Gasteiger partial charge is 0.269 e. The first-order valence-corrected chi connectivity index (χ1v) is 8.53. The minimum Gasteiger partial charge on any atom is -0.411 e. The Bertz CT molecular complexity index is 940. The summed E-state index contributed by atoms with van der Waals surface area (Å²) in [4.78, 5) is 23.1. The fourth-order valence-corrected chi connectivity index (χ4v) is 3.40. The largest absolute Gasteiger partial charge is 0.411 e. The van der Waals surface area contributed by atoms with Crippen LogP contribution in [0, 0.1) is 13.8 Å². The van der Waals surface area contributed by atoms with Crippen molar-refractivity contribution in [3.63, 3.8) is 0 Å². The number of carbonyl (C=O) groups excluding carboxylic acids is 1. The molecule has 136 valence electrons. The van der Waals surface area contributed by atoms with Gasteiger partial charge in [-0.05, 0) is 51.0 Å². The molecule has 2 aromatic rings. The molecule has 1 aromatic heterocycles. The average molecular weight is 375 g/mol. The first-order valence-electron chi connectivity index (χ1n) is 8.15.